The number of nitrogens with one attached hydrogen (secondary N) is 2. The molecule has 3 aliphatic rings. The molecule has 5 rings (SSSR count). The lowest BCUT2D eigenvalue weighted by molar-refractivity contribution is -0.142. The number of hydrogen-bond acceptors (Lipinski definition) is 5. The van der Waals surface area contributed by atoms with Crippen LogP contribution in [-0.2, 0) is 21.0 Å². The van der Waals surface area contributed by atoms with Crippen molar-refractivity contribution in [3.05, 3.63) is 41.6 Å². The summed E-state index contributed by atoms with van der Waals surface area (Å²) in [6.45, 7) is -0.719. The van der Waals surface area contributed by atoms with Crippen LogP contribution in [0.2, 0.25) is 0 Å². The molecular formula is C29H36F5N5O4S. The summed E-state index contributed by atoms with van der Waals surface area (Å²) in [5.41, 5.74) is -1.18. The number of halogens is 5. The number of carbonyl (C=O) groups excluding carboxylic acids is 2. The Morgan fingerprint density at radius 3 is 2.39 bits per heavy atom. The maximum Gasteiger partial charge on any atom is 0.417 e. The van der Waals surface area contributed by atoms with Crippen LogP contribution in [0, 0.1) is 0 Å². The average molecular weight is 646 g/mol. The predicted octanol–water partition coefficient (Wildman–Crippen LogP) is 4.90. The molecule has 0 bridgehead atoms. The second-order valence-electron chi connectivity index (χ2n) is 12.0. The van der Waals surface area contributed by atoms with Crippen LogP contribution in [-0.4, -0.2) is 71.8 Å². The van der Waals surface area contributed by atoms with Gasteiger partial charge >= 0.3 is 6.18 Å². The smallest absolute Gasteiger partial charge is 0.346 e. The van der Waals surface area contributed by atoms with Gasteiger partial charge in [0.05, 0.1) is 35.6 Å². The molecule has 0 unspecified atom stereocenters. The minimum Gasteiger partial charge on any atom is -0.346 e. The van der Waals surface area contributed by atoms with E-state index >= 15 is 0 Å². The third-order valence-corrected chi connectivity index (χ3v) is 10.1. The van der Waals surface area contributed by atoms with E-state index in [0.717, 1.165) is 30.2 Å². The average Bonchev–Trinajstić information content (AvgIpc) is 3.60. The summed E-state index contributed by atoms with van der Waals surface area (Å²) in [5.74, 6) is -5.36. The SMILES string of the molecule is O=C(N[C@@H](CC(=O)N1CCCC(F)(F)C1)CS(=O)(=O)NC1CCC1)c1cc(-c2ccccc2C(F)(F)F)n(C2CCCC2)n1. The number of carbonyl (C=O) groups is 2. The van der Waals surface area contributed by atoms with Gasteiger partial charge in [0.15, 0.2) is 5.69 Å². The van der Waals surface area contributed by atoms with E-state index in [9.17, 15) is 40.0 Å². The maximum atomic E-state index is 14.0. The van der Waals surface area contributed by atoms with Crippen molar-refractivity contribution in [2.75, 3.05) is 18.8 Å². The zero-order chi connectivity index (χ0) is 31.7. The molecule has 44 heavy (non-hydrogen) atoms. The summed E-state index contributed by atoms with van der Waals surface area (Å²) in [4.78, 5) is 27.5. The number of rotatable bonds is 10. The first-order valence-corrected chi connectivity index (χ1v) is 16.6. The molecule has 2 aromatic rings. The Hall–Kier alpha value is -3.07. The molecule has 242 valence electrons. The Bertz CT molecular complexity index is 1470. The van der Waals surface area contributed by atoms with Crippen molar-refractivity contribution in [1.29, 1.82) is 0 Å². The van der Waals surface area contributed by atoms with Crippen LogP contribution in [0.25, 0.3) is 11.3 Å². The molecule has 3 fully saturated rings. The van der Waals surface area contributed by atoms with Crippen molar-refractivity contribution >= 4 is 21.8 Å². The third kappa shape index (κ3) is 7.76. The van der Waals surface area contributed by atoms with Crippen LogP contribution in [0.4, 0.5) is 22.0 Å². The number of likely N-dealkylation sites (tertiary alicyclic amines) is 1. The quantitative estimate of drug-likeness (QED) is 0.357. The Balaban J connectivity index is 1.42. The highest BCUT2D eigenvalue weighted by Crippen LogP contribution is 2.40. The molecule has 9 nitrogen and oxygen atoms in total. The van der Waals surface area contributed by atoms with E-state index in [4.69, 9.17) is 0 Å². The van der Waals surface area contributed by atoms with Crippen LogP contribution in [0.1, 0.15) is 86.3 Å². The van der Waals surface area contributed by atoms with E-state index in [1.54, 1.807) is 0 Å². The Morgan fingerprint density at radius 2 is 1.75 bits per heavy atom. The number of alkyl halides is 5. The molecule has 1 aliphatic heterocycles. The van der Waals surface area contributed by atoms with Gasteiger partial charge in [0.1, 0.15) is 0 Å². The Labute approximate surface area is 252 Å². The molecular weight excluding hydrogens is 609 g/mol. The van der Waals surface area contributed by atoms with Crippen molar-refractivity contribution in [2.45, 2.75) is 94.4 Å². The molecule has 2 amide bonds. The van der Waals surface area contributed by atoms with E-state index in [-0.39, 0.29) is 48.4 Å². The number of hydrogen-bond donors (Lipinski definition) is 2. The van der Waals surface area contributed by atoms with Crippen LogP contribution >= 0.6 is 0 Å². The number of aromatic nitrogens is 2. The van der Waals surface area contributed by atoms with Gasteiger partial charge in [-0.05, 0) is 44.2 Å². The van der Waals surface area contributed by atoms with Gasteiger partial charge in [-0.3, -0.25) is 14.3 Å². The fourth-order valence-corrected chi connectivity index (χ4v) is 7.68. The van der Waals surface area contributed by atoms with Gasteiger partial charge in [0.2, 0.25) is 15.9 Å². The number of sulfonamides is 1. The second-order valence-corrected chi connectivity index (χ2v) is 13.8. The maximum absolute atomic E-state index is 14.0. The molecule has 1 saturated heterocycles. The summed E-state index contributed by atoms with van der Waals surface area (Å²) < 4.78 is 99.6. The first-order valence-electron chi connectivity index (χ1n) is 14.9. The Kier molecular flexibility index (Phi) is 9.36. The highest BCUT2D eigenvalue weighted by molar-refractivity contribution is 7.89. The van der Waals surface area contributed by atoms with Gasteiger partial charge in [0.25, 0.3) is 11.8 Å². The Morgan fingerprint density at radius 1 is 1.05 bits per heavy atom. The lowest BCUT2D eigenvalue weighted by Gasteiger charge is -2.33. The number of nitrogens with zero attached hydrogens (tertiary/aromatic N) is 3. The zero-order valence-electron chi connectivity index (χ0n) is 24.1. The van der Waals surface area contributed by atoms with Gasteiger partial charge in [-0.1, -0.05) is 37.5 Å². The van der Waals surface area contributed by atoms with Crippen LogP contribution in [0.5, 0.6) is 0 Å². The van der Waals surface area contributed by atoms with Crippen LogP contribution in [0.3, 0.4) is 0 Å². The molecule has 0 radical (unpaired) electrons. The van der Waals surface area contributed by atoms with Crippen molar-refractivity contribution in [2.24, 2.45) is 0 Å². The molecule has 2 saturated carbocycles. The van der Waals surface area contributed by atoms with Crippen molar-refractivity contribution in [3.8, 4) is 11.3 Å². The highest BCUT2D eigenvalue weighted by atomic mass is 32.2. The van der Waals surface area contributed by atoms with E-state index in [0.29, 0.717) is 25.7 Å². The summed E-state index contributed by atoms with van der Waals surface area (Å²) in [6, 6.07) is 4.43. The molecule has 2 heterocycles. The lowest BCUT2D eigenvalue weighted by atomic mass is 9.94. The van der Waals surface area contributed by atoms with Crippen molar-refractivity contribution < 1.29 is 40.0 Å². The van der Waals surface area contributed by atoms with E-state index < -0.39 is 64.3 Å². The van der Waals surface area contributed by atoms with Gasteiger partial charge in [-0.15, -0.1) is 0 Å². The molecule has 1 atom stereocenters. The van der Waals surface area contributed by atoms with Gasteiger partial charge < -0.3 is 10.2 Å². The van der Waals surface area contributed by atoms with Gasteiger partial charge in [-0.25, -0.2) is 21.9 Å². The molecule has 0 spiro atoms. The molecule has 15 heteroatoms. The fourth-order valence-electron chi connectivity index (χ4n) is 6.11. The standard InChI is InChI=1S/C29H36F5N5O4S/c30-28(31)13-6-14-38(18-28)26(40)15-20(17-44(42,43)37-19-7-5-8-19)35-27(41)24-16-25(39(36-24)21-9-1-2-10-21)22-11-3-4-12-23(22)29(32,33)34/h3-4,11-12,16,19-21,37H,1-2,5-10,13-15,17-18H2,(H,35,41)/t20-/m0/s1. The molecule has 1 aromatic carbocycles. The van der Waals surface area contributed by atoms with E-state index in [1.807, 2.05) is 0 Å². The van der Waals surface area contributed by atoms with Gasteiger partial charge in [0, 0.05) is 31.0 Å². The summed E-state index contributed by atoms with van der Waals surface area (Å²) in [6.07, 6.45) is -0.327. The fraction of sp³-hybridized carbons (Fsp3) is 0.621. The number of amides is 2. The lowest BCUT2D eigenvalue weighted by Crippen LogP contribution is -2.51. The van der Waals surface area contributed by atoms with Gasteiger partial charge in [-0.2, -0.15) is 18.3 Å². The minimum atomic E-state index is -4.66. The summed E-state index contributed by atoms with van der Waals surface area (Å²) >= 11 is 0. The van der Waals surface area contributed by atoms with Crippen LogP contribution < -0.4 is 10.0 Å². The zero-order valence-corrected chi connectivity index (χ0v) is 24.9. The second kappa shape index (κ2) is 12.7. The molecule has 2 N–H and O–H groups in total. The first-order chi connectivity index (χ1) is 20.7. The third-order valence-electron chi connectivity index (χ3n) is 8.52. The van der Waals surface area contributed by atoms with Crippen LogP contribution in [0.15, 0.2) is 30.3 Å². The number of benzene rings is 1. The molecule has 2 aliphatic carbocycles. The van der Waals surface area contributed by atoms with Crippen molar-refractivity contribution in [1.82, 2.24) is 24.7 Å². The van der Waals surface area contributed by atoms with E-state index in [1.165, 1.54) is 28.9 Å². The molecule has 1 aromatic heterocycles. The largest absolute Gasteiger partial charge is 0.417 e. The number of piperidine rings is 1. The summed E-state index contributed by atoms with van der Waals surface area (Å²) in [7, 11) is -3.98. The monoisotopic (exact) mass is 645 g/mol. The highest BCUT2D eigenvalue weighted by Gasteiger charge is 2.39. The van der Waals surface area contributed by atoms with Crippen molar-refractivity contribution in [3.63, 3.8) is 0 Å². The topological polar surface area (TPSA) is 113 Å². The minimum absolute atomic E-state index is 0.0793. The normalized spacial score (nSPS) is 20.3. The predicted molar refractivity (Wildman–Crippen MR) is 151 cm³/mol. The summed E-state index contributed by atoms with van der Waals surface area (Å²) in [5, 5.41) is 6.90. The van der Waals surface area contributed by atoms with E-state index in [2.05, 4.69) is 15.1 Å². The first kappa shape index (κ1) is 32.3.